The van der Waals surface area contributed by atoms with Crippen LogP contribution in [-0.2, 0) is 4.79 Å². The van der Waals surface area contributed by atoms with E-state index in [-0.39, 0.29) is 17.3 Å². The molecule has 0 spiro atoms. The zero-order valence-corrected chi connectivity index (χ0v) is 18.8. The number of ketones is 2. The molecule has 0 amide bonds. The number of Topliss-reactive ketones (excluding diaryl/α,β-unsaturated/α-hetero) is 2. The Kier molecular flexibility index (Phi) is 6.08. The van der Waals surface area contributed by atoms with Crippen LogP contribution in [0.2, 0.25) is 0 Å². The van der Waals surface area contributed by atoms with Gasteiger partial charge in [-0.15, -0.1) is 11.3 Å². The molecule has 0 saturated heterocycles. The molecule has 4 nitrogen and oxygen atoms in total. The molecule has 4 rings (SSSR count). The highest BCUT2D eigenvalue weighted by molar-refractivity contribution is 8.03. The van der Waals surface area contributed by atoms with Gasteiger partial charge in [0.05, 0.1) is 28.3 Å². The fourth-order valence-corrected chi connectivity index (χ4v) is 5.65. The normalized spacial score (nSPS) is 16.2. The number of rotatable bonds is 6. The number of nitriles is 1. The number of allylic oxidation sites excluding steroid dienone is 3. The number of hydrogen-bond donors (Lipinski definition) is 1. The maximum absolute atomic E-state index is 12.9. The van der Waals surface area contributed by atoms with E-state index in [0.717, 1.165) is 21.3 Å². The van der Waals surface area contributed by atoms with Crippen molar-refractivity contribution >= 4 is 45.4 Å². The third-order valence-electron chi connectivity index (χ3n) is 5.27. The Morgan fingerprint density at radius 1 is 1.13 bits per heavy atom. The van der Waals surface area contributed by atoms with Crippen LogP contribution in [0.1, 0.15) is 35.0 Å². The van der Waals surface area contributed by atoms with Gasteiger partial charge >= 0.3 is 0 Å². The van der Waals surface area contributed by atoms with Gasteiger partial charge in [-0.05, 0) is 42.1 Å². The quantitative estimate of drug-likeness (QED) is 0.487. The van der Waals surface area contributed by atoms with Gasteiger partial charge in [-0.3, -0.25) is 9.59 Å². The molecule has 0 saturated carbocycles. The summed E-state index contributed by atoms with van der Waals surface area (Å²) >= 11 is 2.83. The molecule has 0 radical (unpaired) electrons. The lowest BCUT2D eigenvalue weighted by atomic mass is 9.85. The van der Waals surface area contributed by atoms with Gasteiger partial charge in [-0.2, -0.15) is 5.26 Å². The number of thiophene rings is 1. The second kappa shape index (κ2) is 8.93. The molecule has 1 aliphatic heterocycles. The zero-order valence-electron chi connectivity index (χ0n) is 17.1. The molecule has 1 atom stereocenters. The van der Waals surface area contributed by atoms with E-state index >= 15 is 0 Å². The summed E-state index contributed by atoms with van der Waals surface area (Å²) in [5, 5.41) is 17.8. The average molecular weight is 445 g/mol. The second-order valence-electron chi connectivity index (χ2n) is 7.30. The van der Waals surface area contributed by atoms with Gasteiger partial charge in [0.1, 0.15) is 0 Å². The maximum Gasteiger partial charge on any atom is 0.173 e. The minimum Gasteiger partial charge on any atom is -0.353 e. The van der Waals surface area contributed by atoms with E-state index in [1.54, 1.807) is 0 Å². The summed E-state index contributed by atoms with van der Waals surface area (Å²) in [6.07, 6.45) is 0. The number of nitrogens with zero attached hydrogens (tertiary/aromatic N) is 1. The van der Waals surface area contributed by atoms with E-state index < -0.39 is 5.92 Å². The van der Waals surface area contributed by atoms with Crippen molar-refractivity contribution in [1.82, 2.24) is 5.32 Å². The number of benzene rings is 2. The van der Waals surface area contributed by atoms with Crippen molar-refractivity contribution in [2.24, 2.45) is 0 Å². The van der Waals surface area contributed by atoms with E-state index in [1.165, 1.54) is 30.0 Å². The summed E-state index contributed by atoms with van der Waals surface area (Å²) in [5.74, 6) is -0.269. The third kappa shape index (κ3) is 4.20. The molecule has 2 heterocycles. The highest BCUT2D eigenvalue weighted by Crippen LogP contribution is 2.42. The Balaban J connectivity index is 1.62. The molecule has 154 valence electrons. The molecule has 0 aliphatic carbocycles. The van der Waals surface area contributed by atoms with Gasteiger partial charge in [0.15, 0.2) is 11.6 Å². The van der Waals surface area contributed by atoms with Crippen molar-refractivity contribution in [2.75, 3.05) is 5.75 Å². The third-order valence-corrected chi connectivity index (χ3v) is 7.23. The molecule has 3 aromatic rings. The smallest absolute Gasteiger partial charge is 0.173 e. The van der Waals surface area contributed by atoms with Crippen LogP contribution in [0.4, 0.5) is 0 Å². The zero-order chi connectivity index (χ0) is 22.0. The molecule has 1 N–H and O–H groups in total. The Morgan fingerprint density at radius 3 is 2.58 bits per heavy atom. The van der Waals surface area contributed by atoms with Crippen molar-refractivity contribution in [3.8, 4) is 6.07 Å². The minimum absolute atomic E-state index is 0.00554. The van der Waals surface area contributed by atoms with Crippen molar-refractivity contribution in [2.45, 2.75) is 19.8 Å². The largest absolute Gasteiger partial charge is 0.353 e. The molecule has 0 fully saturated rings. The monoisotopic (exact) mass is 444 g/mol. The number of dihydropyridines is 1. The van der Waals surface area contributed by atoms with E-state index in [9.17, 15) is 14.9 Å². The Morgan fingerprint density at radius 2 is 1.90 bits per heavy atom. The summed E-state index contributed by atoms with van der Waals surface area (Å²) in [7, 11) is 0. The van der Waals surface area contributed by atoms with E-state index in [1.807, 2.05) is 66.9 Å². The number of nitrogens with one attached hydrogen (secondary N) is 1. The van der Waals surface area contributed by atoms with Crippen molar-refractivity contribution < 1.29 is 9.59 Å². The Hall–Kier alpha value is -3.14. The molecular weight excluding hydrogens is 424 g/mol. The van der Waals surface area contributed by atoms with Crippen molar-refractivity contribution in [1.29, 1.82) is 5.26 Å². The summed E-state index contributed by atoms with van der Waals surface area (Å²) in [5.41, 5.74) is 2.46. The van der Waals surface area contributed by atoms with Crippen LogP contribution in [0.5, 0.6) is 0 Å². The Bertz CT molecular complexity index is 1280. The molecular formula is C25H20N2O2S2. The van der Waals surface area contributed by atoms with Crippen LogP contribution in [-0.4, -0.2) is 17.3 Å². The van der Waals surface area contributed by atoms with Crippen LogP contribution in [0.3, 0.4) is 0 Å². The first-order valence-electron chi connectivity index (χ1n) is 9.80. The molecule has 6 heteroatoms. The van der Waals surface area contributed by atoms with Crippen LogP contribution < -0.4 is 5.32 Å². The van der Waals surface area contributed by atoms with Gasteiger partial charge < -0.3 is 5.32 Å². The second-order valence-corrected chi connectivity index (χ2v) is 9.26. The van der Waals surface area contributed by atoms with Gasteiger partial charge in [-0.25, -0.2) is 0 Å². The summed E-state index contributed by atoms with van der Waals surface area (Å²) in [6.45, 7) is 3.37. The van der Waals surface area contributed by atoms with Gasteiger partial charge in [0.25, 0.3) is 0 Å². The maximum atomic E-state index is 12.9. The molecule has 0 unspecified atom stereocenters. The lowest BCUT2D eigenvalue weighted by Crippen LogP contribution is -2.27. The number of carbonyl (C=O) groups is 2. The predicted molar refractivity (Wildman–Crippen MR) is 127 cm³/mol. The van der Waals surface area contributed by atoms with Crippen LogP contribution >= 0.6 is 23.1 Å². The number of hydrogen-bond acceptors (Lipinski definition) is 6. The molecule has 2 aromatic carbocycles. The molecule has 0 bridgehead atoms. The lowest BCUT2D eigenvalue weighted by Gasteiger charge is -2.28. The fourth-order valence-electron chi connectivity index (χ4n) is 3.82. The first-order valence-corrected chi connectivity index (χ1v) is 11.7. The molecule has 1 aromatic heterocycles. The van der Waals surface area contributed by atoms with Gasteiger partial charge in [0.2, 0.25) is 0 Å². The first kappa shape index (κ1) is 21.1. The summed E-state index contributed by atoms with van der Waals surface area (Å²) < 4.78 is 0. The summed E-state index contributed by atoms with van der Waals surface area (Å²) in [4.78, 5) is 26.2. The Labute approximate surface area is 189 Å². The highest BCUT2D eigenvalue weighted by atomic mass is 32.2. The van der Waals surface area contributed by atoms with E-state index in [0.29, 0.717) is 21.7 Å². The SMILES string of the molecule is CC(=O)C1=C(C)NC(SCC(=O)c2ccc3ccccc3c2)=C(C#N)[C@H]1c1cccs1. The van der Waals surface area contributed by atoms with E-state index in [2.05, 4.69) is 11.4 Å². The van der Waals surface area contributed by atoms with Crippen LogP contribution in [0.15, 0.2) is 81.8 Å². The van der Waals surface area contributed by atoms with Crippen LogP contribution in [0, 0.1) is 11.3 Å². The number of carbonyl (C=O) groups excluding carboxylic acids is 2. The van der Waals surface area contributed by atoms with Gasteiger partial charge in [0, 0.05) is 21.7 Å². The molecule has 1 aliphatic rings. The van der Waals surface area contributed by atoms with Crippen molar-refractivity contribution in [3.05, 3.63) is 92.3 Å². The molecule has 31 heavy (non-hydrogen) atoms. The van der Waals surface area contributed by atoms with E-state index in [4.69, 9.17) is 0 Å². The van der Waals surface area contributed by atoms with Crippen molar-refractivity contribution in [3.63, 3.8) is 0 Å². The number of thioether (sulfide) groups is 1. The topological polar surface area (TPSA) is 70.0 Å². The predicted octanol–water partition coefficient (Wildman–Crippen LogP) is 5.80. The highest BCUT2D eigenvalue weighted by Gasteiger charge is 2.33. The van der Waals surface area contributed by atoms with Gasteiger partial charge in [-0.1, -0.05) is 54.2 Å². The first-order chi connectivity index (χ1) is 15.0. The number of fused-ring (bicyclic) bond motifs is 1. The standard InChI is InChI=1S/C25H20N2O2S2/c1-15-23(16(2)28)24(22-8-5-11-30-22)20(13-26)25(27-15)31-14-21(29)19-10-9-17-6-3-4-7-18(17)12-19/h3-12,24,27H,14H2,1-2H3/t24-/m0/s1. The lowest BCUT2D eigenvalue weighted by molar-refractivity contribution is -0.113. The minimum atomic E-state index is -0.401. The summed E-state index contributed by atoms with van der Waals surface area (Å²) in [6, 6.07) is 19.8. The average Bonchev–Trinajstić information content (AvgIpc) is 3.30. The fraction of sp³-hybridized carbons (Fsp3) is 0.160. The van der Waals surface area contributed by atoms with Crippen LogP contribution in [0.25, 0.3) is 10.8 Å².